The molecule has 0 bridgehead atoms. The van der Waals surface area contributed by atoms with Crippen LogP contribution >= 0.6 is 0 Å². The van der Waals surface area contributed by atoms with E-state index in [4.69, 9.17) is 4.74 Å². The van der Waals surface area contributed by atoms with E-state index in [1.165, 1.54) is 17.0 Å². The van der Waals surface area contributed by atoms with Crippen LogP contribution in [0.2, 0.25) is 0 Å². The molecule has 2 aliphatic heterocycles. The van der Waals surface area contributed by atoms with E-state index in [1.807, 2.05) is 6.92 Å². The van der Waals surface area contributed by atoms with Gasteiger partial charge in [0.2, 0.25) is 0 Å². The molecule has 180 valence electrons. The third-order valence-corrected chi connectivity index (χ3v) is 7.79. The average molecular weight is 479 g/mol. The Bertz CT molecular complexity index is 1020. The van der Waals surface area contributed by atoms with Gasteiger partial charge in [-0.1, -0.05) is 39.3 Å². The van der Waals surface area contributed by atoms with Crippen LogP contribution in [0.1, 0.15) is 60.7 Å². The van der Waals surface area contributed by atoms with Crippen LogP contribution in [-0.4, -0.2) is 78.6 Å². The van der Waals surface area contributed by atoms with Gasteiger partial charge in [-0.05, 0) is 30.9 Å². The van der Waals surface area contributed by atoms with Crippen molar-refractivity contribution >= 4 is 33.5 Å². The average Bonchev–Trinajstić information content (AvgIpc) is 3.24. The van der Waals surface area contributed by atoms with Gasteiger partial charge in [-0.2, -0.15) is 0 Å². The number of unbranched alkanes of at least 4 members (excludes halogenated alkanes) is 1. The molecular formula is C23H30N2O7S. The number of nitrogens with zero attached hydrogens (tertiary/aromatic N) is 2. The molecule has 0 spiro atoms. The summed E-state index contributed by atoms with van der Waals surface area (Å²) < 4.78 is 29.0. The highest BCUT2D eigenvalue weighted by molar-refractivity contribution is 7.91. The molecule has 10 heteroatoms. The number of rotatable bonds is 9. The Labute approximate surface area is 194 Å². The second kappa shape index (κ2) is 10.0. The van der Waals surface area contributed by atoms with E-state index < -0.39 is 58.1 Å². The van der Waals surface area contributed by atoms with Crippen molar-refractivity contribution in [3.8, 4) is 0 Å². The Balaban J connectivity index is 1.71. The van der Waals surface area contributed by atoms with Gasteiger partial charge in [0.25, 0.3) is 17.7 Å². The molecule has 2 aliphatic rings. The molecule has 3 rings (SSSR count). The van der Waals surface area contributed by atoms with Crippen LogP contribution in [0.5, 0.6) is 0 Å². The van der Waals surface area contributed by atoms with E-state index in [0.717, 1.165) is 11.3 Å². The fourth-order valence-electron chi connectivity index (χ4n) is 4.30. The predicted molar refractivity (Wildman–Crippen MR) is 120 cm³/mol. The minimum atomic E-state index is -3.19. The summed E-state index contributed by atoms with van der Waals surface area (Å²) in [5.74, 6) is -2.98. The van der Waals surface area contributed by atoms with Crippen molar-refractivity contribution in [3.05, 3.63) is 35.4 Å². The lowest BCUT2D eigenvalue weighted by molar-refractivity contribution is -0.157. The highest BCUT2D eigenvalue weighted by Crippen LogP contribution is 2.28. The summed E-state index contributed by atoms with van der Waals surface area (Å²) >= 11 is 0. The number of sulfone groups is 1. The van der Waals surface area contributed by atoms with Gasteiger partial charge in [-0.3, -0.25) is 19.3 Å². The zero-order valence-corrected chi connectivity index (χ0v) is 20.0. The van der Waals surface area contributed by atoms with Crippen LogP contribution in [-0.2, 0) is 24.2 Å². The van der Waals surface area contributed by atoms with Crippen LogP contribution < -0.4 is 0 Å². The molecule has 2 unspecified atom stereocenters. The summed E-state index contributed by atoms with van der Waals surface area (Å²) in [7, 11) is -3.19. The van der Waals surface area contributed by atoms with Crippen molar-refractivity contribution in [1.29, 1.82) is 0 Å². The van der Waals surface area contributed by atoms with E-state index in [-0.39, 0.29) is 22.6 Å². The molecule has 33 heavy (non-hydrogen) atoms. The summed E-state index contributed by atoms with van der Waals surface area (Å²) in [6, 6.07) is 4.73. The first-order valence-corrected chi connectivity index (χ1v) is 13.0. The van der Waals surface area contributed by atoms with E-state index in [2.05, 4.69) is 0 Å². The van der Waals surface area contributed by atoms with Crippen LogP contribution in [0, 0.1) is 5.92 Å². The molecule has 1 saturated heterocycles. The third kappa shape index (κ3) is 5.26. The third-order valence-electron chi connectivity index (χ3n) is 6.04. The van der Waals surface area contributed by atoms with Gasteiger partial charge in [-0.15, -0.1) is 0 Å². The minimum Gasteiger partial charge on any atom is -0.454 e. The Morgan fingerprint density at radius 1 is 1.15 bits per heavy atom. The second-order valence-electron chi connectivity index (χ2n) is 8.82. The maximum Gasteiger partial charge on any atom is 0.330 e. The van der Waals surface area contributed by atoms with Crippen LogP contribution in [0.15, 0.2) is 24.3 Å². The summed E-state index contributed by atoms with van der Waals surface area (Å²) in [6.45, 7) is 5.14. The van der Waals surface area contributed by atoms with Crippen molar-refractivity contribution < 1.29 is 32.3 Å². The molecule has 3 amide bonds. The zero-order chi connectivity index (χ0) is 24.3. The fraction of sp³-hybridized carbons (Fsp3) is 0.565. The Morgan fingerprint density at radius 2 is 1.76 bits per heavy atom. The number of hydrogen-bond acceptors (Lipinski definition) is 7. The molecule has 0 saturated carbocycles. The van der Waals surface area contributed by atoms with Gasteiger partial charge in [0.1, 0.15) is 6.04 Å². The van der Waals surface area contributed by atoms with Gasteiger partial charge >= 0.3 is 5.97 Å². The number of fused-ring (bicyclic) bond motifs is 1. The monoisotopic (exact) mass is 478 g/mol. The highest BCUT2D eigenvalue weighted by Gasteiger charge is 2.45. The van der Waals surface area contributed by atoms with Crippen LogP contribution in [0.4, 0.5) is 0 Å². The predicted octanol–water partition coefficient (Wildman–Crippen LogP) is 1.67. The largest absolute Gasteiger partial charge is 0.454 e. The fourth-order valence-corrected chi connectivity index (χ4v) is 6.03. The van der Waals surface area contributed by atoms with Crippen LogP contribution in [0.3, 0.4) is 0 Å². The molecule has 0 aromatic heterocycles. The number of carbonyl (C=O) groups is 4. The number of benzene rings is 1. The SMILES string of the molecule is CCCCN(C(=O)COC(=O)C(C(C)C)N1C(=O)c2ccccc2C1=O)C1CCS(=O)(=O)C1. The standard InChI is InChI=1S/C23H30N2O7S/c1-4-5-11-24(16-10-12-33(30,31)14-16)19(26)13-32-23(29)20(15(2)3)25-21(27)17-8-6-7-9-18(17)22(25)28/h6-9,15-16,20H,4-5,10-14H2,1-3H3. The summed E-state index contributed by atoms with van der Waals surface area (Å²) in [5, 5.41) is 0. The number of amides is 3. The van der Waals surface area contributed by atoms with E-state index in [0.29, 0.717) is 19.4 Å². The quantitative estimate of drug-likeness (QED) is 0.391. The minimum absolute atomic E-state index is 0.0303. The van der Waals surface area contributed by atoms with Crippen molar-refractivity contribution in [1.82, 2.24) is 9.80 Å². The van der Waals surface area contributed by atoms with E-state index in [1.54, 1.807) is 26.0 Å². The van der Waals surface area contributed by atoms with Crippen molar-refractivity contribution in [2.24, 2.45) is 5.92 Å². The van der Waals surface area contributed by atoms with Crippen molar-refractivity contribution in [3.63, 3.8) is 0 Å². The normalized spacial score (nSPS) is 20.1. The number of imide groups is 1. The lowest BCUT2D eigenvalue weighted by atomic mass is 10.0. The zero-order valence-electron chi connectivity index (χ0n) is 19.2. The van der Waals surface area contributed by atoms with Gasteiger partial charge in [0.15, 0.2) is 16.4 Å². The van der Waals surface area contributed by atoms with E-state index in [9.17, 15) is 27.6 Å². The Hall–Kier alpha value is -2.75. The topological polar surface area (TPSA) is 118 Å². The first-order valence-electron chi connectivity index (χ1n) is 11.2. The number of carbonyl (C=O) groups excluding carboxylic acids is 4. The number of hydrogen-bond donors (Lipinski definition) is 0. The molecular weight excluding hydrogens is 448 g/mol. The molecule has 9 nitrogen and oxygen atoms in total. The maximum atomic E-state index is 12.9. The van der Waals surface area contributed by atoms with Gasteiger partial charge in [-0.25, -0.2) is 13.2 Å². The first-order chi connectivity index (χ1) is 15.6. The smallest absolute Gasteiger partial charge is 0.330 e. The molecule has 2 heterocycles. The molecule has 1 aromatic carbocycles. The summed E-state index contributed by atoms with van der Waals surface area (Å²) in [5.41, 5.74) is 0.454. The Kier molecular flexibility index (Phi) is 7.56. The molecule has 0 aliphatic carbocycles. The summed E-state index contributed by atoms with van der Waals surface area (Å²) in [6.07, 6.45) is 1.87. The van der Waals surface area contributed by atoms with E-state index >= 15 is 0 Å². The van der Waals surface area contributed by atoms with Crippen LogP contribution in [0.25, 0.3) is 0 Å². The molecule has 1 fully saturated rings. The Morgan fingerprint density at radius 3 is 2.24 bits per heavy atom. The molecule has 1 aromatic rings. The summed E-state index contributed by atoms with van der Waals surface area (Å²) in [4.78, 5) is 53.9. The van der Waals surface area contributed by atoms with Crippen molar-refractivity contribution in [2.45, 2.75) is 52.1 Å². The lowest BCUT2D eigenvalue weighted by Gasteiger charge is -2.30. The lowest BCUT2D eigenvalue weighted by Crippen LogP contribution is -2.50. The van der Waals surface area contributed by atoms with Gasteiger partial charge in [0, 0.05) is 12.6 Å². The molecule has 0 radical (unpaired) electrons. The van der Waals surface area contributed by atoms with Crippen molar-refractivity contribution in [2.75, 3.05) is 24.7 Å². The number of esters is 1. The molecule has 0 N–H and O–H groups in total. The second-order valence-corrected chi connectivity index (χ2v) is 11.0. The first kappa shape index (κ1) is 24.9. The number of ether oxygens (including phenoxy) is 1. The van der Waals surface area contributed by atoms with Gasteiger partial charge < -0.3 is 9.64 Å². The van der Waals surface area contributed by atoms with Gasteiger partial charge in [0.05, 0.1) is 22.6 Å². The maximum absolute atomic E-state index is 12.9. The molecule has 2 atom stereocenters. The highest BCUT2D eigenvalue weighted by atomic mass is 32.2.